The molecule has 0 radical (unpaired) electrons. The Balaban J connectivity index is 1.90. The predicted octanol–water partition coefficient (Wildman–Crippen LogP) is 3.84. The number of hydrogen-bond acceptors (Lipinski definition) is 2. The number of ether oxygens (including phenoxy) is 1. The van der Waals surface area contributed by atoms with Gasteiger partial charge in [-0.15, -0.1) is 0 Å². The Morgan fingerprint density at radius 1 is 1.32 bits per heavy atom. The number of carbonyl (C=O) groups excluding carboxylic acids is 1. The van der Waals surface area contributed by atoms with Crippen molar-refractivity contribution in [2.75, 3.05) is 7.11 Å². The quantitative estimate of drug-likeness (QED) is 0.752. The highest BCUT2D eigenvalue weighted by molar-refractivity contribution is 5.72. The molecule has 2 heteroatoms. The van der Waals surface area contributed by atoms with Crippen LogP contribution in [0.25, 0.3) is 0 Å². The van der Waals surface area contributed by atoms with Crippen LogP contribution in [0.5, 0.6) is 0 Å². The topological polar surface area (TPSA) is 26.3 Å². The minimum Gasteiger partial charge on any atom is -0.469 e. The van der Waals surface area contributed by atoms with Gasteiger partial charge >= 0.3 is 5.97 Å². The van der Waals surface area contributed by atoms with Crippen LogP contribution < -0.4 is 0 Å². The van der Waals surface area contributed by atoms with E-state index in [-0.39, 0.29) is 11.9 Å². The largest absolute Gasteiger partial charge is 0.469 e. The molecule has 0 bridgehead atoms. The first-order chi connectivity index (χ1) is 9.22. The van der Waals surface area contributed by atoms with E-state index in [1.165, 1.54) is 38.4 Å². The first-order valence-electron chi connectivity index (χ1n) is 7.34. The average molecular weight is 260 g/mol. The highest BCUT2D eigenvalue weighted by Gasteiger charge is 2.34. The van der Waals surface area contributed by atoms with Crippen LogP contribution in [0.4, 0.5) is 0 Å². The molecule has 0 N–H and O–H groups in total. The highest BCUT2D eigenvalue weighted by atomic mass is 16.5. The Morgan fingerprint density at radius 2 is 2.05 bits per heavy atom. The molecule has 104 valence electrons. The second kappa shape index (κ2) is 6.74. The van der Waals surface area contributed by atoms with Gasteiger partial charge in [-0.3, -0.25) is 4.79 Å². The molecule has 0 aliphatic heterocycles. The number of esters is 1. The molecule has 3 atom stereocenters. The molecule has 0 unspecified atom stereocenters. The molecule has 1 fully saturated rings. The van der Waals surface area contributed by atoms with Crippen LogP contribution in [0.1, 0.15) is 38.2 Å². The van der Waals surface area contributed by atoms with Gasteiger partial charge in [-0.1, -0.05) is 50.1 Å². The third-order valence-electron chi connectivity index (χ3n) is 4.58. The van der Waals surface area contributed by atoms with Crippen molar-refractivity contribution in [2.24, 2.45) is 17.8 Å². The van der Waals surface area contributed by atoms with Crippen LogP contribution in [0.3, 0.4) is 0 Å². The summed E-state index contributed by atoms with van der Waals surface area (Å²) in [6.07, 6.45) is 6.01. The molecule has 1 saturated carbocycles. The second-order valence-electron chi connectivity index (χ2n) is 5.69. The summed E-state index contributed by atoms with van der Waals surface area (Å²) in [5.41, 5.74) is 1.40. The third-order valence-corrected chi connectivity index (χ3v) is 4.58. The molecule has 0 amide bonds. The van der Waals surface area contributed by atoms with Gasteiger partial charge in [0.15, 0.2) is 0 Å². The molecule has 19 heavy (non-hydrogen) atoms. The monoisotopic (exact) mass is 260 g/mol. The maximum absolute atomic E-state index is 11.7. The van der Waals surface area contributed by atoms with Crippen LogP contribution in [-0.2, 0) is 16.0 Å². The molecule has 0 aromatic heterocycles. The summed E-state index contributed by atoms with van der Waals surface area (Å²) in [6.45, 7) is 2.03. The molecule has 0 saturated heterocycles. The van der Waals surface area contributed by atoms with Gasteiger partial charge in [0.1, 0.15) is 0 Å². The maximum Gasteiger partial charge on any atom is 0.308 e. The Morgan fingerprint density at radius 3 is 2.74 bits per heavy atom. The number of rotatable bonds is 5. The van der Waals surface area contributed by atoms with Crippen molar-refractivity contribution in [3.05, 3.63) is 35.9 Å². The van der Waals surface area contributed by atoms with E-state index in [1.54, 1.807) is 0 Å². The van der Waals surface area contributed by atoms with Crippen LogP contribution in [0.2, 0.25) is 0 Å². The summed E-state index contributed by atoms with van der Waals surface area (Å²) in [6, 6.07) is 10.6. The number of benzene rings is 1. The van der Waals surface area contributed by atoms with E-state index in [4.69, 9.17) is 4.74 Å². The molecule has 1 aromatic rings. The molecular formula is C17H24O2. The van der Waals surface area contributed by atoms with Crippen LogP contribution in [-0.4, -0.2) is 13.1 Å². The fourth-order valence-corrected chi connectivity index (χ4v) is 3.44. The van der Waals surface area contributed by atoms with Crippen molar-refractivity contribution in [1.29, 1.82) is 0 Å². The van der Waals surface area contributed by atoms with E-state index in [2.05, 4.69) is 30.3 Å². The zero-order chi connectivity index (χ0) is 13.7. The number of methoxy groups -OCH3 is 1. The SMILES string of the molecule is COC(=O)[C@H](C)[C@H]1CCC[C@H]1CCc1ccccc1. The van der Waals surface area contributed by atoms with E-state index in [1.807, 2.05) is 6.92 Å². The summed E-state index contributed by atoms with van der Waals surface area (Å²) in [5.74, 6) is 1.19. The number of carbonyl (C=O) groups is 1. The van der Waals surface area contributed by atoms with Crippen molar-refractivity contribution in [2.45, 2.75) is 39.0 Å². The molecule has 2 rings (SSSR count). The van der Waals surface area contributed by atoms with Gasteiger partial charge < -0.3 is 4.74 Å². The van der Waals surface area contributed by atoms with Gasteiger partial charge in [0.25, 0.3) is 0 Å². The van der Waals surface area contributed by atoms with Crippen LogP contribution in [0.15, 0.2) is 30.3 Å². The number of aryl methyl sites for hydroxylation is 1. The van der Waals surface area contributed by atoms with Gasteiger partial charge in [0.2, 0.25) is 0 Å². The molecular weight excluding hydrogens is 236 g/mol. The van der Waals surface area contributed by atoms with Crippen molar-refractivity contribution in [3.63, 3.8) is 0 Å². The lowest BCUT2D eigenvalue weighted by Crippen LogP contribution is -2.25. The Bertz CT molecular complexity index is 399. The summed E-state index contributed by atoms with van der Waals surface area (Å²) >= 11 is 0. The minimum atomic E-state index is -0.0448. The van der Waals surface area contributed by atoms with Crippen molar-refractivity contribution in [1.82, 2.24) is 0 Å². The van der Waals surface area contributed by atoms with Gasteiger partial charge in [0, 0.05) is 0 Å². The average Bonchev–Trinajstić information content (AvgIpc) is 2.93. The molecule has 0 spiro atoms. The summed E-state index contributed by atoms with van der Waals surface area (Å²) < 4.78 is 4.90. The van der Waals surface area contributed by atoms with Crippen molar-refractivity contribution < 1.29 is 9.53 Å². The Kier molecular flexibility index (Phi) is 5.00. The lowest BCUT2D eigenvalue weighted by Gasteiger charge is -2.24. The van der Waals surface area contributed by atoms with Crippen LogP contribution in [0, 0.1) is 17.8 Å². The predicted molar refractivity (Wildman–Crippen MR) is 76.8 cm³/mol. The smallest absolute Gasteiger partial charge is 0.308 e. The Hall–Kier alpha value is -1.31. The third kappa shape index (κ3) is 3.59. The fourth-order valence-electron chi connectivity index (χ4n) is 3.44. The maximum atomic E-state index is 11.7. The zero-order valence-electron chi connectivity index (χ0n) is 12.0. The van der Waals surface area contributed by atoms with Gasteiger partial charge in [-0.05, 0) is 36.7 Å². The van der Waals surface area contributed by atoms with E-state index in [0.717, 1.165) is 6.42 Å². The second-order valence-corrected chi connectivity index (χ2v) is 5.69. The summed E-state index contributed by atoms with van der Waals surface area (Å²) in [7, 11) is 1.49. The van der Waals surface area contributed by atoms with Gasteiger partial charge in [-0.25, -0.2) is 0 Å². The lowest BCUT2D eigenvalue weighted by molar-refractivity contribution is -0.147. The van der Waals surface area contributed by atoms with Crippen molar-refractivity contribution in [3.8, 4) is 0 Å². The molecule has 0 heterocycles. The van der Waals surface area contributed by atoms with E-state index < -0.39 is 0 Å². The summed E-state index contributed by atoms with van der Waals surface area (Å²) in [5, 5.41) is 0. The zero-order valence-corrected chi connectivity index (χ0v) is 12.0. The lowest BCUT2D eigenvalue weighted by atomic mass is 9.82. The number of hydrogen-bond donors (Lipinski definition) is 0. The first-order valence-corrected chi connectivity index (χ1v) is 7.34. The Labute approximate surface area is 116 Å². The van der Waals surface area contributed by atoms with Gasteiger partial charge in [-0.2, -0.15) is 0 Å². The fraction of sp³-hybridized carbons (Fsp3) is 0.588. The van der Waals surface area contributed by atoms with Gasteiger partial charge in [0.05, 0.1) is 13.0 Å². The summed E-state index contributed by atoms with van der Waals surface area (Å²) in [4.78, 5) is 11.7. The molecule has 1 aliphatic rings. The highest BCUT2D eigenvalue weighted by Crippen LogP contribution is 2.39. The first kappa shape index (κ1) is 14.1. The standard InChI is InChI=1S/C17H24O2/c1-13(17(18)19-2)16-10-6-9-15(16)12-11-14-7-4-3-5-8-14/h3-5,7-8,13,15-16H,6,9-12H2,1-2H3/t13-,15+,16-/m1/s1. The van der Waals surface area contributed by atoms with E-state index >= 15 is 0 Å². The minimum absolute atomic E-state index is 0.0448. The van der Waals surface area contributed by atoms with Crippen molar-refractivity contribution >= 4 is 5.97 Å². The molecule has 2 nitrogen and oxygen atoms in total. The van der Waals surface area contributed by atoms with E-state index in [9.17, 15) is 4.79 Å². The molecule has 1 aromatic carbocycles. The van der Waals surface area contributed by atoms with E-state index in [0.29, 0.717) is 11.8 Å². The normalized spacial score (nSPS) is 24.1. The van der Waals surface area contributed by atoms with Crippen LogP contribution >= 0.6 is 0 Å². The molecule has 1 aliphatic carbocycles.